The number of nitrogens with zero attached hydrogens (tertiary/aromatic N) is 1. The molecule has 17 heavy (non-hydrogen) atoms. The van der Waals surface area contributed by atoms with Crippen molar-refractivity contribution < 1.29 is 9.13 Å². The monoisotopic (exact) mass is 315 g/mol. The van der Waals surface area contributed by atoms with Crippen LogP contribution in [-0.2, 0) is 5.88 Å². The van der Waals surface area contributed by atoms with Crippen LogP contribution in [0.3, 0.4) is 0 Å². The molecule has 0 aliphatic carbocycles. The van der Waals surface area contributed by atoms with Crippen LogP contribution in [0.5, 0.6) is 11.6 Å². The van der Waals surface area contributed by atoms with Crippen molar-refractivity contribution >= 4 is 27.5 Å². The molecule has 0 N–H and O–H groups in total. The Morgan fingerprint density at radius 3 is 2.88 bits per heavy atom. The van der Waals surface area contributed by atoms with Gasteiger partial charge in [-0.15, -0.1) is 11.6 Å². The van der Waals surface area contributed by atoms with Crippen molar-refractivity contribution in [3.63, 3.8) is 0 Å². The van der Waals surface area contributed by atoms with Gasteiger partial charge in [0.15, 0.2) is 0 Å². The normalized spacial score (nSPS) is 10.3. The maximum absolute atomic E-state index is 13.3. The maximum Gasteiger partial charge on any atom is 0.223 e. The van der Waals surface area contributed by atoms with Crippen molar-refractivity contribution in [1.82, 2.24) is 4.98 Å². The van der Waals surface area contributed by atoms with Crippen molar-refractivity contribution in [2.24, 2.45) is 0 Å². The molecule has 1 heterocycles. The van der Waals surface area contributed by atoms with Gasteiger partial charge < -0.3 is 4.74 Å². The number of pyridine rings is 1. The fraction of sp³-hybridized carbons (Fsp3) is 0.0833. The van der Waals surface area contributed by atoms with Crippen molar-refractivity contribution in [3.8, 4) is 11.6 Å². The third-order valence-electron chi connectivity index (χ3n) is 2.10. The zero-order valence-electron chi connectivity index (χ0n) is 8.66. The molecule has 0 atom stereocenters. The zero-order chi connectivity index (χ0) is 12.3. The molecule has 1 aromatic carbocycles. The van der Waals surface area contributed by atoms with Gasteiger partial charge in [0, 0.05) is 17.8 Å². The van der Waals surface area contributed by atoms with E-state index in [1.807, 2.05) is 6.07 Å². The van der Waals surface area contributed by atoms with Gasteiger partial charge in [0.2, 0.25) is 5.88 Å². The molecule has 0 aliphatic heterocycles. The molecular weight excluding hydrogens is 308 g/mol. The van der Waals surface area contributed by atoms with E-state index in [0.29, 0.717) is 22.0 Å². The fourth-order valence-electron chi connectivity index (χ4n) is 1.27. The van der Waals surface area contributed by atoms with Gasteiger partial charge >= 0.3 is 0 Å². The molecule has 88 valence electrons. The van der Waals surface area contributed by atoms with Crippen molar-refractivity contribution in [3.05, 3.63) is 52.4 Å². The molecule has 2 rings (SSSR count). The summed E-state index contributed by atoms with van der Waals surface area (Å²) >= 11 is 8.83. The molecule has 1 aromatic heterocycles. The van der Waals surface area contributed by atoms with Gasteiger partial charge in [-0.05, 0) is 34.1 Å². The Morgan fingerprint density at radius 2 is 2.18 bits per heavy atom. The lowest BCUT2D eigenvalue weighted by molar-refractivity contribution is 0.453. The SMILES string of the molecule is Fc1cc(Oc2ncccc2CCl)ccc1Br. The number of hydrogen-bond donors (Lipinski definition) is 0. The quantitative estimate of drug-likeness (QED) is 0.777. The van der Waals surface area contributed by atoms with Crippen LogP contribution >= 0.6 is 27.5 Å². The van der Waals surface area contributed by atoms with Gasteiger partial charge in [0.1, 0.15) is 11.6 Å². The summed E-state index contributed by atoms with van der Waals surface area (Å²) in [6.45, 7) is 0. The second kappa shape index (κ2) is 5.47. The molecule has 0 unspecified atom stereocenters. The molecule has 0 spiro atoms. The van der Waals surface area contributed by atoms with Crippen LogP contribution < -0.4 is 4.74 Å². The second-order valence-electron chi connectivity index (χ2n) is 3.28. The Hall–Kier alpha value is -1.13. The van der Waals surface area contributed by atoms with Crippen molar-refractivity contribution in [2.75, 3.05) is 0 Å². The first kappa shape index (κ1) is 12.3. The second-order valence-corrected chi connectivity index (χ2v) is 4.40. The summed E-state index contributed by atoms with van der Waals surface area (Å²) < 4.78 is 19.2. The van der Waals surface area contributed by atoms with E-state index in [1.54, 1.807) is 24.4 Å². The molecule has 0 amide bonds. The minimum absolute atomic E-state index is 0.294. The van der Waals surface area contributed by atoms with E-state index in [2.05, 4.69) is 20.9 Å². The highest BCUT2D eigenvalue weighted by atomic mass is 79.9. The van der Waals surface area contributed by atoms with Crippen LogP contribution in [0.25, 0.3) is 0 Å². The van der Waals surface area contributed by atoms with Gasteiger partial charge in [0.05, 0.1) is 10.4 Å². The number of aromatic nitrogens is 1. The zero-order valence-corrected chi connectivity index (χ0v) is 11.0. The molecule has 0 radical (unpaired) electrons. The smallest absolute Gasteiger partial charge is 0.223 e. The highest BCUT2D eigenvalue weighted by Gasteiger charge is 2.07. The van der Waals surface area contributed by atoms with Crippen LogP contribution in [0.2, 0.25) is 0 Å². The molecule has 0 fully saturated rings. The number of halogens is 3. The first-order chi connectivity index (χ1) is 8.20. The number of hydrogen-bond acceptors (Lipinski definition) is 2. The molecular formula is C12H8BrClFNO. The summed E-state index contributed by atoms with van der Waals surface area (Å²) in [6, 6.07) is 8.10. The van der Waals surface area contributed by atoms with Crippen LogP contribution in [0.4, 0.5) is 4.39 Å². The van der Waals surface area contributed by atoms with Crippen LogP contribution in [-0.4, -0.2) is 4.98 Å². The Balaban J connectivity index is 2.28. The van der Waals surface area contributed by atoms with E-state index in [-0.39, 0.29) is 5.82 Å². The largest absolute Gasteiger partial charge is 0.439 e. The van der Waals surface area contributed by atoms with Crippen LogP contribution in [0, 0.1) is 5.82 Å². The van der Waals surface area contributed by atoms with Crippen LogP contribution in [0.1, 0.15) is 5.56 Å². The lowest BCUT2D eigenvalue weighted by Crippen LogP contribution is -1.93. The molecule has 0 saturated heterocycles. The van der Waals surface area contributed by atoms with Crippen molar-refractivity contribution in [1.29, 1.82) is 0 Å². The Labute approximate surface area is 112 Å². The third-order valence-corrected chi connectivity index (χ3v) is 3.03. The lowest BCUT2D eigenvalue weighted by atomic mass is 10.3. The Morgan fingerprint density at radius 1 is 1.35 bits per heavy atom. The predicted molar refractivity (Wildman–Crippen MR) is 68.0 cm³/mol. The fourth-order valence-corrected chi connectivity index (χ4v) is 1.72. The van der Waals surface area contributed by atoms with E-state index in [9.17, 15) is 4.39 Å². The number of alkyl halides is 1. The summed E-state index contributed by atoms with van der Waals surface area (Å²) in [5.74, 6) is 0.688. The molecule has 2 nitrogen and oxygen atoms in total. The minimum atomic E-state index is -0.383. The van der Waals surface area contributed by atoms with Gasteiger partial charge in [-0.1, -0.05) is 6.07 Å². The standard InChI is InChI=1S/C12H8BrClFNO/c13-10-4-3-9(6-11(10)15)17-12-8(7-14)2-1-5-16-12/h1-6H,7H2. The van der Waals surface area contributed by atoms with E-state index < -0.39 is 0 Å². The molecule has 0 saturated carbocycles. The van der Waals surface area contributed by atoms with E-state index in [4.69, 9.17) is 16.3 Å². The summed E-state index contributed by atoms with van der Waals surface area (Å²) in [7, 11) is 0. The first-order valence-corrected chi connectivity index (χ1v) is 6.16. The molecule has 0 bridgehead atoms. The highest BCUT2D eigenvalue weighted by molar-refractivity contribution is 9.10. The maximum atomic E-state index is 13.3. The molecule has 2 aromatic rings. The third kappa shape index (κ3) is 2.96. The minimum Gasteiger partial charge on any atom is -0.439 e. The molecule has 0 aliphatic rings. The topological polar surface area (TPSA) is 22.1 Å². The van der Waals surface area contributed by atoms with Crippen LogP contribution in [0.15, 0.2) is 41.0 Å². The van der Waals surface area contributed by atoms with E-state index in [1.165, 1.54) is 6.07 Å². The summed E-state index contributed by atoms with van der Waals surface area (Å²) in [6.07, 6.45) is 1.60. The van der Waals surface area contributed by atoms with Gasteiger partial charge in [0.25, 0.3) is 0 Å². The Bertz CT molecular complexity index is 536. The van der Waals surface area contributed by atoms with E-state index >= 15 is 0 Å². The number of rotatable bonds is 3. The van der Waals surface area contributed by atoms with Gasteiger partial charge in [-0.3, -0.25) is 0 Å². The average Bonchev–Trinajstić information content (AvgIpc) is 2.34. The Kier molecular flexibility index (Phi) is 3.97. The summed E-state index contributed by atoms with van der Waals surface area (Å²) in [5.41, 5.74) is 0.762. The summed E-state index contributed by atoms with van der Waals surface area (Å²) in [4.78, 5) is 4.06. The highest BCUT2D eigenvalue weighted by Crippen LogP contribution is 2.27. The lowest BCUT2D eigenvalue weighted by Gasteiger charge is -2.08. The number of benzene rings is 1. The average molecular weight is 317 g/mol. The van der Waals surface area contributed by atoms with Gasteiger partial charge in [-0.25, -0.2) is 9.37 Å². The number of ether oxygens (including phenoxy) is 1. The van der Waals surface area contributed by atoms with E-state index in [0.717, 1.165) is 5.56 Å². The molecule has 5 heteroatoms. The summed E-state index contributed by atoms with van der Waals surface area (Å²) in [5, 5.41) is 0. The predicted octanol–water partition coefficient (Wildman–Crippen LogP) is 4.51. The van der Waals surface area contributed by atoms with Gasteiger partial charge in [-0.2, -0.15) is 0 Å². The first-order valence-electron chi connectivity index (χ1n) is 4.83. The van der Waals surface area contributed by atoms with Crippen molar-refractivity contribution in [2.45, 2.75) is 5.88 Å².